The SMILES string of the molecule is C[C@@H](NCc1ccc(N(C)C)cc1)[C@H](O)c1ccccc1. The molecule has 0 heterocycles. The number of aliphatic hydroxyl groups is 1. The molecule has 3 heteroatoms. The van der Waals surface area contributed by atoms with Crippen molar-refractivity contribution in [3.05, 3.63) is 65.7 Å². The van der Waals surface area contributed by atoms with Crippen molar-refractivity contribution in [2.24, 2.45) is 0 Å². The van der Waals surface area contributed by atoms with E-state index in [4.69, 9.17) is 0 Å². The minimum absolute atomic E-state index is 0.000857. The van der Waals surface area contributed by atoms with Crippen molar-refractivity contribution in [1.29, 1.82) is 0 Å². The number of hydrogen-bond acceptors (Lipinski definition) is 3. The van der Waals surface area contributed by atoms with E-state index in [9.17, 15) is 5.11 Å². The van der Waals surface area contributed by atoms with Gasteiger partial charge in [-0.15, -0.1) is 0 Å². The Morgan fingerprint density at radius 1 is 1.00 bits per heavy atom. The first-order valence-corrected chi connectivity index (χ1v) is 7.30. The summed E-state index contributed by atoms with van der Waals surface area (Å²) in [7, 11) is 4.07. The van der Waals surface area contributed by atoms with Gasteiger partial charge in [-0.1, -0.05) is 42.5 Å². The number of hydrogen-bond donors (Lipinski definition) is 2. The van der Waals surface area contributed by atoms with Gasteiger partial charge in [-0.2, -0.15) is 0 Å². The van der Waals surface area contributed by atoms with Crippen LogP contribution < -0.4 is 10.2 Å². The molecule has 112 valence electrons. The largest absolute Gasteiger partial charge is 0.387 e. The molecule has 0 aromatic heterocycles. The number of nitrogens with zero attached hydrogens (tertiary/aromatic N) is 1. The molecule has 0 aliphatic heterocycles. The summed E-state index contributed by atoms with van der Waals surface area (Å²) in [6.45, 7) is 2.75. The molecule has 0 amide bonds. The first kappa shape index (κ1) is 15.5. The third-order valence-electron chi connectivity index (χ3n) is 3.70. The van der Waals surface area contributed by atoms with Gasteiger partial charge in [0.2, 0.25) is 0 Å². The van der Waals surface area contributed by atoms with E-state index in [-0.39, 0.29) is 6.04 Å². The monoisotopic (exact) mass is 284 g/mol. The fourth-order valence-corrected chi connectivity index (χ4v) is 2.24. The lowest BCUT2D eigenvalue weighted by molar-refractivity contribution is 0.135. The first-order chi connectivity index (χ1) is 10.1. The molecule has 0 bridgehead atoms. The minimum atomic E-state index is -0.493. The maximum atomic E-state index is 10.3. The van der Waals surface area contributed by atoms with Gasteiger partial charge in [0.1, 0.15) is 0 Å². The molecule has 0 spiro atoms. The van der Waals surface area contributed by atoms with Gasteiger partial charge in [-0.25, -0.2) is 0 Å². The summed E-state index contributed by atoms with van der Waals surface area (Å²) in [6.07, 6.45) is -0.493. The molecule has 2 aromatic rings. The fourth-order valence-electron chi connectivity index (χ4n) is 2.24. The highest BCUT2D eigenvalue weighted by Gasteiger charge is 2.15. The molecule has 0 aliphatic rings. The van der Waals surface area contributed by atoms with Crippen molar-refractivity contribution >= 4 is 5.69 Å². The summed E-state index contributed by atoms with van der Waals surface area (Å²) in [5.41, 5.74) is 3.35. The molecule has 21 heavy (non-hydrogen) atoms. The lowest BCUT2D eigenvalue weighted by atomic mass is 10.0. The van der Waals surface area contributed by atoms with Crippen molar-refractivity contribution in [2.75, 3.05) is 19.0 Å². The second-order valence-corrected chi connectivity index (χ2v) is 5.59. The first-order valence-electron chi connectivity index (χ1n) is 7.30. The number of aliphatic hydroxyl groups excluding tert-OH is 1. The predicted molar refractivity (Wildman–Crippen MR) is 88.5 cm³/mol. The number of nitrogens with one attached hydrogen (secondary N) is 1. The van der Waals surface area contributed by atoms with E-state index in [0.717, 1.165) is 12.1 Å². The van der Waals surface area contributed by atoms with Gasteiger partial charge in [-0.05, 0) is 30.2 Å². The van der Waals surface area contributed by atoms with Crippen LogP contribution in [0.5, 0.6) is 0 Å². The number of anilines is 1. The van der Waals surface area contributed by atoms with Crippen LogP contribution in [0.3, 0.4) is 0 Å². The van der Waals surface area contributed by atoms with E-state index in [1.165, 1.54) is 11.3 Å². The predicted octanol–water partition coefficient (Wildman–Crippen LogP) is 2.96. The average Bonchev–Trinajstić information content (AvgIpc) is 2.53. The van der Waals surface area contributed by atoms with E-state index in [2.05, 4.69) is 34.5 Å². The minimum Gasteiger partial charge on any atom is -0.387 e. The maximum absolute atomic E-state index is 10.3. The molecule has 2 N–H and O–H groups in total. The van der Waals surface area contributed by atoms with Crippen molar-refractivity contribution in [1.82, 2.24) is 5.32 Å². The highest BCUT2D eigenvalue weighted by Crippen LogP contribution is 2.17. The molecule has 0 saturated heterocycles. The van der Waals surface area contributed by atoms with Crippen LogP contribution in [0.15, 0.2) is 54.6 Å². The summed E-state index contributed by atoms with van der Waals surface area (Å²) in [4.78, 5) is 2.08. The highest BCUT2D eigenvalue weighted by molar-refractivity contribution is 5.45. The van der Waals surface area contributed by atoms with Crippen LogP contribution in [-0.2, 0) is 6.54 Å². The van der Waals surface area contributed by atoms with Gasteiger partial charge in [0.15, 0.2) is 0 Å². The molecule has 0 fully saturated rings. The summed E-state index contributed by atoms with van der Waals surface area (Å²) in [5, 5.41) is 13.7. The van der Waals surface area contributed by atoms with E-state index in [0.29, 0.717) is 0 Å². The Morgan fingerprint density at radius 2 is 1.62 bits per heavy atom. The molecular formula is C18H24N2O. The van der Waals surface area contributed by atoms with Crippen molar-refractivity contribution < 1.29 is 5.11 Å². The number of rotatable bonds is 6. The zero-order valence-corrected chi connectivity index (χ0v) is 13.0. The zero-order chi connectivity index (χ0) is 15.2. The Morgan fingerprint density at radius 3 is 2.19 bits per heavy atom. The third-order valence-corrected chi connectivity index (χ3v) is 3.70. The molecular weight excluding hydrogens is 260 g/mol. The third kappa shape index (κ3) is 4.31. The van der Waals surface area contributed by atoms with Gasteiger partial charge >= 0.3 is 0 Å². The Labute approximate surface area is 127 Å². The van der Waals surface area contributed by atoms with Crippen LogP contribution in [0, 0.1) is 0 Å². The molecule has 0 aliphatic carbocycles. The van der Waals surface area contributed by atoms with Crippen molar-refractivity contribution in [3.63, 3.8) is 0 Å². The quantitative estimate of drug-likeness (QED) is 0.856. The van der Waals surface area contributed by atoms with Gasteiger partial charge in [-0.3, -0.25) is 0 Å². The molecule has 0 saturated carbocycles. The van der Waals surface area contributed by atoms with Gasteiger partial charge < -0.3 is 15.3 Å². The Bertz CT molecular complexity index is 537. The maximum Gasteiger partial charge on any atom is 0.0940 e. The van der Waals surface area contributed by atoms with Gasteiger partial charge in [0.05, 0.1) is 6.10 Å². The van der Waals surface area contributed by atoms with E-state index < -0.39 is 6.10 Å². The summed E-state index contributed by atoms with van der Waals surface area (Å²) in [5.74, 6) is 0. The standard InChI is InChI=1S/C18H24N2O/c1-14(18(21)16-7-5-4-6-8-16)19-13-15-9-11-17(12-10-15)20(2)3/h4-12,14,18-19,21H,13H2,1-3H3/t14-,18+/m1/s1. The lowest BCUT2D eigenvalue weighted by Crippen LogP contribution is -2.31. The van der Waals surface area contributed by atoms with Gasteiger partial charge in [0, 0.05) is 32.4 Å². The smallest absolute Gasteiger partial charge is 0.0940 e. The van der Waals surface area contributed by atoms with Crippen LogP contribution in [0.25, 0.3) is 0 Å². The average molecular weight is 284 g/mol. The lowest BCUT2D eigenvalue weighted by Gasteiger charge is -2.21. The molecule has 2 rings (SSSR count). The van der Waals surface area contributed by atoms with Crippen molar-refractivity contribution in [2.45, 2.75) is 25.6 Å². The van der Waals surface area contributed by atoms with Crippen LogP contribution in [0.1, 0.15) is 24.2 Å². The van der Waals surface area contributed by atoms with Crippen LogP contribution in [-0.4, -0.2) is 25.2 Å². The Kier molecular flexibility index (Phi) is 5.37. The van der Waals surface area contributed by atoms with Crippen LogP contribution in [0.4, 0.5) is 5.69 Å². The molecule has 2 atom stereocenters. The molecule has 0 radical (unpaired) electrons. The van der Waals surface area contributed by atoms with E-state index in [1.54, 1.807) is 0 Å². The zero-order valence-electron chi connectivity index (χ0n) is 13.0. The second-order valence-electron chi connectivity index (χ2n) is 5.59. The molecule has 2 aromatic carbocycles. The summed E-state index contributed by atoms with van der Waals surface area (Å²) < 4.78 is 0. The number of benzene rings is 2. The highest BCUT2D eigenvalue weighted by atomic mass is 16.3. The van der Waals surface area contributed by atoms with Crippen LogP contribution in [0.2, 0.25) is 0 Å². The summed E-state index contributed by atoms with van der Waals surface area (Å²) in [6, 6.07) is 18.2. The van der Waals surface area contributed by atoms with E-state index in [1.807, 2.05) is 51.4 Å². The van der Waals surface area contributed by atoms with Crippen LogP contribution >= 0.6 is 0 Å². The second kappa shape index (κ2) is 7.25. The normalized spacial score (nSPS) is 13.7. The molecule has 3 nitrogen and oxygen atoms in total. The Balaban J connectivity index is 1.90. The van der Waals surface area contributed by atoms with Crippen molar-refractivity contribution in [3.8, 4) is 0 Å². The molecule has 0 unspecified atom stereocenters. The van der Waals surface area contributed by atoms with Gasteiger partial charge in [0.25, 0.3) is 0 Å². The Hall–Kier alpha value is -1.84. The van der Waals surface area contributed by atoms with E-state index >= 15 is 0 Å². The summed E-state index contributed by atoms with van der Waals surface area (Å²) >= 11 is 0. The topological polar surface area (TPSA) is 35.5 Å². The fraction of sp³-hybridized carbons (Fsp3) is 0.333.